The summed E-state index contributed by atoms with van der Waals surface area (Å²) in [6.07, 6.45) is 1.16. The summed E-state index contributed by atoms with van der Waals surface area (Å²) in [6.45, 7) is 0. The van der Waals surface area contributed by atoms with Gasteiger partial charge in [-0.05, 0) is 42.5 Å². The van der Waals surface area contributed by atoms with Gasteiger partial charge in [0.1, 0.15) is 11.6 Å². The fraction of sp³-hybridized carbons (Fsp3) is 0.455. The van der Waals surface area contributed by atoms with Crippen molar-refractivity contribution in [1.29, 1.82) is 0 Å². The second kappa shape index (κ2) is 8.57. The standard InChI is InChI=1S/C22H22F5N7/c23-14-1-2-18-31-32-21(33(18)10-14)15(8-17(24)25)13-7-19-30-16(11-34(19)29-9-13)20(28)12-3-5-22(26,27)6-4-12/h1-2,7,9-12,15,17,20H,3-6,8,28H2/t15?,20-/m0/s1. The van der Waals surface area contributed by atoms with Gasteiger partial charge in [0.05, 0.1) is 30.0 Å². The van der Waals surface area contributed by atoms with Gasteiger partial charge in [-0.2, -0.15) is 5.10 Å². The van der Waals surface area contributed by atoms with Crippen molar-refractivity contribution >= 4 is 11.3 Å². The minimum absolute atomic E-state index is 0.132. The lowest BCUT2D eigenvalue weighted by atomic mass is 9.81. The molecule has 180 valence electrons. The molecule has 0 saturated heterocycles. The van der Waals surface area contributed by atoms with Gasteiger partial charge in [0.25, 0.3) is 0 Å². The van der Waals surface area contributed by atoms with Crippen LogP contribution in [-0.4, -0.2) is 41.5 Å². The molecular weight excluding hydrogens is 457 g/mol. The van der Waals surface area contributed by atoms with Gasteiger partial charge in [-0.1, -0.05) is 0 Å². The molecule has 0 radical (unpaired) electrons. The molecule has 7 nitrogen and oxygen atoms in total. The number of nitrogens with zero attached hydrogens (tertiary/aromatic N) is 6. The summed E-state index contributed by atoms with van der Waals surface area (Å²) in [5, 5.41) is 12.3. The fourth-order valence-corrected chi connectivity index (χ4v) is 4.61. The van der Waals surface area contributed by atoms with Crippen molar-refractivity contribution in [2.75, 3.05) is 0 Å². The maximum atomic E-state index is 13.8. The van der Waals surface area contributed by atoms with Crippen molar-refractivity contribution < 1.29 is 22.0 Å². The van der Waals surface area contributed by atoms with Crippen molar-refractivity contribution in [3.8, 4) is 0 Å². The monoisotopic (exact) mass is 479 g/mol. The third-order valence-corrected chi connectivity index (χ3v) is 6.49. The highest BCUT2D eigenvalue weighted by atomic mass is 19.3. The van der Waals surface area contributed by atoms with Gasteiger partial charge in [0, 0.05) is 25.5 Å². The first-order valence-corrected chi connectivity index (χ1v) is 11.0. The third kappa shape index (κ3) is 4.33. The molecule has 1 unspecified atom stereocenters. The third-order valence-electron chi connectivity index (χ3n) is 6.49. The zero-order valence-electron chi connectivity index (χ0n) is 18.0. The van der Waals surface area contributed by atoms with Crippen LogP contribution in [0.2, 0.25) is 0 Å². The number of nitrogens with two attached hydrogens (primary N) is 1. The Bertz CT molecular complexity index is 1310. The van der Waals surface area contributed by atoms with Crippen molar-refractivity contribution in [3.63, 3.8) is 0 Å². The fourth-order valence-electron chi connectivity index (χ4n) is 4.61. The molecule has 1 aliphatic carbocycles. The number of alkyl halides is 4. The van der Waals surface area contributed by atoms with Gasteiger partial charge in [0.2, 0.25) is 12.3 Å². The molecule has 0 bridgehead atoms. The highest BCUT2D eigenvalue weighted by Gasteiger charge is 2.37. The number of fused-ring (bicyclic) bond motifs is 2. The summed E-state index contributed by atoms with van der Waals surface area (Å²) in [7, 11) is 0. The Kier molecular flexibility index (Phi) is 5.70. The van der Waals surface area contributed by atoms with Gasteiger partial charge >= 0.3 is 0 Å². The van der Waals surface area contributed by atoms with Crippen LogP contribution in [0.25, 0.3) is 11.3 Å². The number of hydrogen-bond acceptors (Lipinski definition) is 5. The highest BCUT2D eigenvalue weighted by Crippen LogP contribution is 2.40. The van der Waals surface area contributed by atoms with Crippen molar-refractivity contribution in [2.45, 2.75) is 56.4 Å². The van der Waals surface area contributed by atoms with Crippen LogP contribution in [0.3, 0.4) is 0 Å². The number of hydrogen-bond donors (Lipinski definition) is 1. The zero-order chi connectivity index (χ0) is 24.0. The van der Waals surface area contributed by atoms with E-state index in [9.17, 15) is 22.0 Å². The SMILES string of the molecule is N[C@H](c1cn2ncc(C(CC(F)F)c3nnc4ccc(F)cn34)cc2n1)C1CCC(F)(F)CC1. The molecule has 2 N–H and O–H groups in total. The maximum absolute atomic E-state index is 13.8. The van der Waals surface area contributed by atoms with Crippen LogP contribution in [0.4, 0.5) is 22.0 Å². The Hall–Kier alpha value is -3.15. The van der Waals surface area contributed by atoms with Crippen LogP contribution < -0.4 is 5.73 Å². The normalized spacial score (nSPS) is 18.7. The summed E-state index contributed by atoms with van der Waals surface area (Å²) < 4.78 is 70.6. The molecule has 12 heteroatoms. The molecule has 2 atom stereocenters. The Labute approximate surface area is 190 Å². The average molecular weight is 479 g/mol. The summed E-state index contributed by atoms with van der Waals surface area (Å²) in [6, 6.07) is 3.69. The predicted octanol–water partition coefficient (Wildman–Crippen LogP) is 4.52. The zero-order valence-corrected chi connectivity index (χ0v) is 18.0. The topological polar surface area (TPSA) is 86.4 Å². The molecule has 4 heterocycles. The number of aromatic nitrogens is 6. The minimum atomic E-state index is -2.66. The van der Waals surface area contributed by atoms with Gasteiger partial charge in [-0.15, -0.1) is 10.2 Å². The molecule has 0 amide bonds. The molecule has 4 aromatic rings. The van der Waals surface area contributed by atoms with E-state index in [1.807, 2.05) is 0 Å². The molecule has 4 aromatic heterocycles. The van der Waals surface area contributed by atoms with Crippen LogP contribution in [0.5, 0.6) is 0 Å². The summed E-state index contributed by atoms with van der Waals surface area (Å²) >= 11 is 0. The quantitative estimate of drug-likeness (QED) is 0.411. The Morgan fingerprint density at radius 3 is 2.59 bits per heavy atom. The molecule has 5 rings (SSSR count). The van der Waals surface area contributed by atoms with Gasteiger partial charge < -0.3 is 5.73 Å². The molecule has 1 fully saturated rings. The van der Waals surface area contributed by atoms with E-state index in [-0.39, 0.29) is 24.6 Å². The van der Waals surface area contributed by atoms with Crippen molar-refractivity contribution in [1.82, 2.24) is 29.2 Å². The summed E-state index contributed by atoms with van der Waals surface area (Å²) in [5.41, 5.74) is 7.95. The largest absolute Gasteiger partial charge is 0.322 e. The predicted molar refractivity (Wildman–Crippen MR) is 112 cm³/mol. The first-order chi connectivity index (χ1) is 16.2. The van der Waals surface area contributed by atoms with Crippen LogP contribution in [-0.2, 0) is 0 Å². The number of pyridine rings is 1. The first kappa shape index (κ1) is 22.6. The summed E-state index contributed by atoms with van der Waals surface area (Å²) in [4.78, 5) is 4.50. The van der Waals surface area contributed by atoms with E-state index in [4.69, 9.17) is 5.73 Å². The van der Waals surface area contributed by atoms with E-state index in [0.717, 1.165) is 6.20 Å². The maximum Gasteiger partial charge on any atom is 0.248 e. The Morgan fingerprint density at radius 1 is 1.09 bits per heavy atom. The lowest BCUT2D eigenvalue weighted by Crippen LogP contribution is -2.31. The van der Waals surface area contributed by atoms with E-state index in [2.05, 4.69) is 20.3 Å². The van der Waals surface area contributed by atoms with Gasteiger partial charge in [0.15, 0.2) is 11.3 Å². The van der Waals surface area contributed by atoms with Gasteiger partial charge in [-0.3, -0.25) is 4.40 Å². The van der Waals surface area contributed by atoms with Crippen LogP contribution in [0.15, 0.2) is 36.8 Å². The van der Waals surface area contributed by atoms with E-state index < -0.39 is 36.5 Å². The Balaban J connectivity index is 1.47. The molecule has 34 heavy (non-hydrogen) atoms. The second-order valence-corrected chi connectivity index (χ2v) is 8.79. The van der Waals surface area contributed by atoms with E-state index in [1.165, 1.54) is 27.2 Å². The van der Waals surface area contributed by atoms with Gasteiger partial charge in [-0.25, -0.2) is 31.5 Å². The molecule has 0 aromatic carbocycles. The highest BCUT2D eigenvalue weighted by molar-refractivity contribution is 5.45. The molecule has 0 aliphatic heterocycles. The minimum Gasteiger partial charge on any atom is -0.322 e. The summed E-state index contributed by atoms with van der Waals surface area (Å²) in [5.74, 6) is -4.09. The lowest BCUT2D eigenvalue weighted by Gasteiger charge is -2.31. The number of halogens is 5. The average Bonchev–Trinajstić information content (AvgIpc) is 3.40. The van der Waals surface area contributed by atoms with Crippen molar-refractivity contribution in [2.24, 2.45) is 11.7 Å². The van der Waals surface area contributed by atoms with Crippen molar-refractivity contribution in [3.05, 3.63) is 59.7 Å². The van der Waals surface area contributed by atoms with E-state index >= 15 is 0 Å². The van der Waals surface area contributed by atoms with Crippen LogP contribution in [0.1, 0.15) is 61.1 Å². The molecule has 1 aliphatic rings. The van der Waals surface area contributed by atoms with E-state index in [0.29, 0.717) is 35.4 Å². The lowest BCUT2D eigenvalue weighted by molar-refractivity contribution is -0.0484. The first-order valence-electron chi connectivity index (χ1n) is 11.0. The number of imidazole rings is 1. The molecule has 0 spiro atoms. The van der Waals surface area contributed by atoms with Crippen LogP contribution >= 0.6 is 0 Å². The Morgan fingerprint density at radius 2 is 1.85 bits per heavy atom. The second-order valence-electron chi connectivity index (χ2n) is 8.79. The van der Waals surface area contributed by atoms with E-state index in [1.54, 1.807) is 12.3 Å². The molecule has 1 saturated carbocycles. The molecular formula is C22H22F5N7. The smallest absolute Gasteiger partial charge is 0.248 e. The van der Waals surface area contributed by atoms with Crippen LogP contribution in [0, 0.1) is 11.7 Å². The number of rotatable bonds is 6.